The number of rotatable bonds is 9. The molecule has 1 heterocycles. The predicted octanol–water partition coefficient (Wildman–Crippen LogP) is 2.83. The molecule has 0 spiro atoms. The van der Waals surface area contributed by atoms with Crippen molar-refractivity contribution < 1.29 is 34.0 Å². The van der Waals surface area contributed by atoms with Crippen LogP contribution in [0.1, 0.15) is 52.9 Å². The van der Waals surface area contributed by atoms with Gasteiger partial charge < -0.3 is 24.4 Å². The molecule has 0 bridgehead atoms. The van der Waals surface area contributed by atoms with Crippen molar-refractivity contribution >= 4 is 27.9 Å². The van der Waals surface area contributed by atoms with E-state index in [1.165, 1.54) is 12.7 Å². The summed E-state index contributed by atoms with van der Waals surface area (Å²) >= 11 is 3.43. The van der Waals surface area contributed by atoms with Crippen LogP contribution in [-0.2, 0) is 23.8 Å². The minimum Gasteiger partial charge on any atom is -0.481 e. The number of carbonyl (C=O) groups is 2. The summed E-state index contributed by atoms with van der Waals surface area (Å²) < 4.78 is 17.3. The zero-order valence-electron chi connectivity index (χ0n) is 16.9. The fourth-order valence-electron chi connectivity index (χ4n) is 4.26. The van der Waals surface area contributed by atoms with Crippen LogP contribution in [0.2, 0.25) is 0 Å². The lowest BCUT2D eigenvalue weighted by Crippen LogP contribution is -2.61. The first-order chi connectivity index (χ1) is 13.1. The first-order valence-electron chi connectivity index (χ1n) is 9.61. The number of epoxide rings is 1. The Morgan fingerprint density at radius 2 is 2.00 bits per heavy atom. The summed E-state index contributed by atoms with van der Waals surface area (Å²) in [5, 5.41) is 20.4. The molecule has 1 aliphatic carbocycles. The molecule has 1 saturated carbocycles. The second-order valence-corrected chi connectivity index (χ2v) is 8.74. The van der Waals surface area contributed by atoms with Gasteiger partial charge in [-0.15, -0.1) is 0 Å². The molecule has 160 valence electrons. The molecule has 6 atom stereocenters. The van der Waals surface area contributed by atoms with Gasteiger partial charge in [0.05, 0.1) is 24.5 Å². The van der Waals surface area contributed by atoms with Crippen molar-refractivity contribution in [2.45, 2.75) is 82.4 Å². The maximum Gasteiger partial charge on any atom is 0.306 e. The fourth-order valence-corrected chi connectivity index (χ4v) is 4.89. The van der Waals surface area contributed by atoms with Gasteiger partial charge in [0.1, 0.15) is 17.8 Å². The third-order valence-electron chi connectivity index (χ3n) is 5.80. The molecule has 7 nitrogen and oxygen atoms in total. The van der Waals surface area contributed by atoms with Crippen LogP contribution in [0, 0.1) is 5.92 Å². The van der Waals surface area contributed by atoms with Crippen LogP contribution in [0.25, 0.3) is 0 Å². The number of alkyl halides is 1. The smallest absolute Gasteiger partial charge is 0.306 e. The second-order valence-electron chi connectivity index (χ2n) is 8.18. The average molecular weight is 463 g/mol. The number of carboxylic acid groups (broad SMARTS) is 1. The van der Waals surface area contributed by atoms with E-state index >= 15 is 0 Å². The molecular weight excluding hydrogens is 432 g/mol. The SMILES string of the molecule is COC1C(OC(=O)CCC(=O)O)CCC(O)(CBr)C1C1(C)OC1CC=C(C)C. The van der Waals surface area contributed by atoms with Gasteiger partial charge in [0.15, 0.2) is 0 Å². The van der Waals surface area contributed by atoms with Crippen LogP contribution >= 0.6 is 15.9 Å². The van der Waals surface area contributed by atoms with Gasteiger partial charge in [-0.2, -0.15) is 0 Å². The van der Waals surface area contributed by atoms with Crippen LogP contribution < -0.4 is 0 Å². The van der Waals surface area contributed by atoms with Gasteiger partial charge in [-0.1, -0.05) is 27.6 Å². The first-order valence-corrected chi connectivity index (χ1v) is 10.7. The molecule has 1 saturated heterocycles. The second kappa shape index (κ2) is 9.24. The summed E-state index contributed by atoms with van der Waals surface area (Å²) in [6.07, 6.45) is 2.10. The first kappa shape index (κ1) is 23.3. The van der Waals surface area contributed by atoms with Crippen LogP contribution in [0.15, 0.2) is 11.6 Å². The van der Waals surface area contributed by atoms with E-state index in [0.29, 0.717) is 18.2 Å². The Hall–Kier alpha value is -0.960. The average Bonchev–Trinajstić information content (AvgIpc) is 3.30. The number of carbonyl (C=O) groups excluding carboxylic acids is 1. The van der Waals surface area contributed by atoms with Crippen LogP contribution in [0.5, 0.6) is 0 Å². The van der Waals surface area contributed by atoms with E-state index in [9.17, 15) is 14.7 Å². The lowest BCUT2D eigenvalue weighted by Gasteiger charge is -2.48. The van der Waals surface area contributed by atoms with Gasteiger partial charge >= 0.3 is 11.9 Å². The Morgan fingerprint density at radius 1 is 1.32 bits per heavy atom. The Morgan fingerprint density at radius 3 is 2.54 bits per heavy atom. The number of methoxy groups -OCH3 is 1. The molecule has 6 unspecified atom stereocenters. The molecule has 2 fully saturated rings. The lowest BCUT2D eigenvalue weighted by molar-refractivity contribution is -0.192. The number of allylic oxidation sites excluding steroid dienone is 1. The number of hydrogen-bond acceptors (Lipinski definition) is 6. The van der Waals surface area contributed by atoms with Gasteiger partial charge in [-0.25, -0.2) is 0 Å². The third kappa shape index (κ3) is 5.14. The Bertz CT molecular complexity index is 618. The number of esters is 1. The number of ether oxygens (including phenoxy) is 3. The molecule has 0 aromatic heterocycles. The normalized spacial score (nSPS) is 37.2. The van der Waals surface area contributed by atoms with E-state index in [1.807, 2.05) is 20.8 Å². The number of carboxylic acids is 1. The largest absolute Gasteiger partial charge is 0.481 e. The van der Waals surface area contributed by atoms with Crippen molar-refractivity contribution in [2.75, 3.05) is 12.4 Å². The van der Waals surface area contributed by atoms with E-state index in [-0.39, 0.29) is 18.9 Å². The topological polar surface area (TPSA) is 106 Å². The quantitative estimate of drug-likeness (QED) is 0.235. The van der Waals surface area contributed by atoms with Gasteiger partial charge in [-0.3, -0.25) is 9.59 Å². The summed E-state index contributed by atoms with van der Waals surface area (Å²) in [4.78, 5) is 22.8. The molecule has 0 aromatic carbocycles. The van der Waals surface area contributed by atoms with Crippen molar-refractivity contribution in [1.29, 1.82) is 0 Å². The van der Waals surface area contributed by atoms with E-state index in [4.69, 9.17) is 19.3 Å². The van der Waals surface area contributed by atoms with Crippen molar-refractivity contribution in [3.63, 3.8) is 0 Å². The van der Waals surface area contributed by atoms with E-state index in [1.54, 1.807) is 0 Å². The minimum atomic E-state index is -1.06. The molecule has 2 rings (SSSR count). The Kier molecular flexibility index (Phi) is 7.69. The highest BCUT2D eigenvalue weighted by molar-refractivity contribution is 9.09. The number of hydrogen-bond donors (Lipinski definition) is 2. The molecule has 2 N–H and O–H groups in total. The fraction of sp³-hybridized carbons (Fsp3) is 0.800. The zero-order chi connectivity index (χ0) is 21.1. The van der Waals surface area contributed by atoms with Crippen molar-refractivity contribution in [1.82, 2.24) is 0 Å². The maximum absolute atomic E-state index is 12.1. The van der Waals surface area contributed by atoms with E-state index in [2.05, 4.69) is 22.0 Å². The van der Waals surface area contributed by atoms with Crippen LogP contribution in [-0.4, -0.2) is 64.1 Å². The summed E-state index contributed by atoms with van der Waals surface area (Å²) in [5.41, 5.74) is -0.453. The maximum atomic E-state index is 12.1. The van der Waals surface area contributed by atoms with Gasteiger partial charge in [0, 0.05) is 18.4 Å². The van der Waals surface area contributed by atoms with Crippen LogP contribution in [0.4, 0.5) is 0 Å². The molecule has 0 radical (unpaired) electrons. The van der Waals surface area contributed by atoms with E-state index < -0.39 is 41.3 Å². The van der Waals surface area contributed by atoms with Gasteiger partial charge in [-0.05, 0) is 40.0 Å². The summed E-state index contributed by atoms with van der Waals surface area (Å²) in [5.74, 6) is -2.01. The highest BCUT2D eigenvalue weighted by Gasteiger charge is 2.67. The van der Waals surface area contributed by atoms with E-state index in [0.717, 1.165) is 6.42 Å². The molecule has 1 aliphatic heterocycles. The van der Waals surface area contributed by atoms with Crippen molar-refractivity contribution in [3.05, 3.63) is 11.6 Å². The summed E-state index contributed by atoms with van der Waals surface area (Å²) in [6, 6.07) is 0. The van der Waals surface area contributed by atoms with Gasteiger partial charge in [0.2, 0.25) is 0 Å². The number of halogens is 1. The standard InChI is InChI=1S/C20H31BrO7/c1-12(2)5-6-14-19(3,28-14)18-17(26-4)13(9-10-20(18,25)11-21)27-16(24)8-7-15(22)23/h5,13-14,17-18,25H,6-11H2,1-4H3,(H,22,23). The van der Waals surface area contributed by atoms with Gasteiger partial charge in [0.25, 0.3) is 0 Å². The molecule has 0 amide bonds. The number of aliphatic hydroxyl groups is 1. The highest BCUT2D eigenvalue weighted by Crippen LogP contribution is 2.55. The van der Waals surface area contributed by atoms with Crippen molar-refractivity contribution in [3.8, 4) is 0 Å². The Balaban J connectivity index is 2.18. The molecule has 0 aromatic rings. The Labute approximate surface area is 174 Å². The highest BCUT2D eigenvalue weighted by atomic mass is 79.9. The minimum absolute atomic E-state index is 0.0444. The summed E-state index contributed by atoms with van der Waals surface area (Å²) in [6.45, 7) is 6.02. The van der Waals surface area contributed by atoms with Crippen LogP contribution in [0.3, 0.4) is 0 Å². The lowest BCUT2D eigenvalue weighted by atomic mass is 9.66. The predicted molar refractivity (Wildman–Crippen MR) is 106 cm³/mol. The molecule has 28 heavy (non-hydrogen) atoms. The summed E-state index contributed by atoms with van der Waals surface area (Å²) in [7, 11) is 1.53. The molecular formula is C20H31BrO7. The third-order valence-corrected chi connectivity index (χ3v) is 6.77. The molecule has 2 aliphatic rings. The number of aliphatic carboxylic acids is 1. The van der Waals surface area contributed by atoms with Crippen molar-refractivity contribution in [2.24, 2.45) is 5.92 Å². The zero-order valence-corrected chi connectivity index (χ0v) is 18.5. The molecule has 8 heteroatoms. The monoisotopic (exact) mass is 462 g/mol.